The first-order valence-electron chi connectivity index (χ1n) is 9.05. The van der Waals surface area contributed by atoms with Crippen LogP contribution in [0.1, 0.15) is 41.3 Å². The van der Waals surface area contributed by atoms with Gasteiger partial charge in [-0.25, -0.2) is 0 Å². The second-order valence-electron chi connectivity index (χ2n) is 7.01. The van der Waals surface area contributed by atoms with Crippen LogP contribution in [0.2, 0.25) is 0 Å². The predicted octanol–water partition coefficient (Wildman–Crippen LogP) is 4.05. The fraction of sp³-hybridized carbons (Fsp3) is 0.381. The molecule has 26 heavy (non-hydrogen) atoms. The highest BCUT2D eigenvalue weighted by Gasteiger charge is 2.15. The van der Waals surface area contributed by atoms with E-state index in [1.54, 1.807) is 0 Å². The normalized spacial score (nSPS) is 15.3. The van der Waals surface area contributed by atoms with E-state index in [0.717, 1.165) is 23.7 Å². The Morgan fingerprint density at radius 3 is 2.19 bits per heavy atom. The second kappa shape index (κ2) is 9.72. The lowest BCUT2D eigenvalue weighted by Gasteiger charge is -2.30. The number of benzene rings is 2. The van der Waals surface area contributed by atoms with Crippen LogP contribution in [0.15, 0.2) is 48.5 Å². The first-order valence-corrected chi connectivity index (χ1v) is 9.05. The van der Waals surface area contributed by atoms with Crippen LogP contribution in [0.3, 0.4) is 0 Å². The number of hydrogen-bond donors (Lipinski definition) is 2. The molecule has 0 radical (unpaired) electrons. The number of likely N-dealkylation sites (tertiary alicyclic amines) is 1. The van der Waals surface area contributed by atoms with E-state index in [9.17, 15) is 4.79 Å². The van der Waals surface area contributed by atoms with Crippen LogP contribution in [0, 0.1) is 5.92 Å². The zero-order valence-corrected chi connectivity index (χ0v) is 16.1. The van der Waals surface area contributed by atoms with Crippen LogP contribution < -0.4 is 11.1 Å². The first kappa shape index (κ1) is 20.4. The number of anilines is 1. The molecule has 140 valence electrons. The van der Waals surface area contributed by atoms with Gasteiger partial charge in [0.1, 0.15) is 0 Å². The molecule has 0 atom stereocenters. The highest BCUT2D eigenvalue weighted by atomic mass is 35.5. The Kier molecular flexibility index (Phi) is 7.64. The summed E-state index contributed by atoms with van der Waals surface area (Å²) in [6, 6.07) is 15.6. The third kappa shape index (κ3) is 5.56. The SMILES string of the molecule is CC1CCN(Cc2ccc(NC(=O)c3ccc(CN)cc3)cc2)CC1.Cl. The number of nitrogens with zero attached hydrogens (tertiary/aromatic N) is 1. The first-order chi connectivity index (χ1) is 12.1. The van der Waals surface area contributed by atoms with Gasteiger partial charge in [-0.1, -0.05) is 31.2 Å². The van der Waals surface area contributed by atoms with E-state index in [2.05, 4.69) is 29.3 Å². The zero-order valence-electron chi connectivity index (χ0n) is 15.3. The number of piperidine rings is 1. The highest BCUT2D eigenvalue weighted by molar-refractivity contribution is 6.04. The summed E-state index contributed by atoms with van der Waals surface area (Å²) in [5, 5.41) is 2.95. The van der Waals surface area contributed by atoms with Crippen molar-refractivity contribution in [1.82, 2.24) is 4.90 Å². The van der Waals surface area contributed by atoms with E-state index >= 15 is 0 Å². The molecule has 4 nitrogen and oxygen atoms in total. The van der Waals surface area contributed by atoms with E-state index in [0.29, 0.717) is 12.1 Å². The van der Waals surface area contributed by atoms with E-state index in [-0.39, 0.29) is 18.3 Å². The summed E-state index contributed by atoms with van der Waals surface area (Å²) in [6.07, 6.45) is 2.58. The van der Waals surface area contributed by atoms with Gasteiger partial charge in [-0.2, -0.15) is 0 Å². The minimum Gasteiger partial charge on any atom is -0.326 e. The molecular formula is C21H28ClN3O. The standard InChI is InChI=1S/C21H27N3O.ClH/c1-16-10-12-24(13-11-16)15-18-4-8-20(9-5-18)23-21(25)19-6-2-17(14-22)3-7-19;/h2-9,16H,10-15,22H2,1H3,(H,23,25);1H. The Morgan fingerprint density at radius 1 is 1.04 bits per heavy atom. The van der Waals surface area contributed by atoms with Crippen LogP contribution in [0.25, 0.3) is 0 Å². The summed E-state index contributed by atoms with van der Waals surface area (Å²) >= 11 is 0. The van der Waals surface area contributed by atoms with Gasteiger partial charge in [-0.3, -0.25) is 9.69 Å². The number of rotatable bonds is 5. The molecule has 1 saturated heterocycles. The fourth-order valence-electron chi connectivity index (χ4n) is 3.17. The third-order valence-electron chi connectivity index (χ3n) is 4.95. The summed E-state index contributed by atoms with van der Waals surface area (Å²) in [7, 11) is 0. The lowest BCUT2D eigenvalue weighted by atomic mass is 9.99. The molecule has 2 aromatic rings. The molecule has 3 rings (SSSR count). The molecule has 0 aliphatic carbocycles. The molecule has 1 fully saturated rings. The van der Waals surface area contributed by atoms with Crippen molar-refractivity contribution in [2.24, 2.45) is 11.7 Å². The fourth-order valence-corrected chi connectivity index (χ4v) is 3.17. The maximum atomic E-state index is 12.3. The van der Waals surface area contributed by atoms with Crippen molar-refractivity contribution in [1.29, 1.82) is 0 Å². The Balaban J connectivity index is 0.00000243. The summed E-state index contributed by atoms with van der Waals surface area (Å²) in [5.74, 6) is 0.758. The Labute approximate surface area is 162 Å². The number of amides is 1. The van der Waals surface area contributed by atoms with Crippen molar-refractivity contribution in [3.05, 3.63) is 65.2 Å². The summed E-state index contributed by atoms with van der Waals surface area (Å²) in [5.41, 5.74) is 9.36. The number of nitrogens with one attached hydrogen (secondary N) is 1. The molecule has 0 spiro atoms. The molecule has 2 aromatic carbocycles. The van der Waals surface area contributed by atoms with Gasteiger partial charge in [0.2, 0.25) is 0 Å². The van der Waals surface area contributed by atoms with Gasteiger partial charge in [0, 0.05) is 24.3 Å². The molecule has 1 amide bonds. The molecule has 1 aliphatic rings. The van der Waals surface area contributed by atoms with Gasteiger partial charge in [0.15, 0.2) is 0 Å². The van der Waals surface area contributed by atoms with Gasteiger partial charge in [0.25, 0.3) is 5.91 Å². The maximum absolute atomic E-state index is 12.3. The molecular weight excluding hydrogens is 346 g/mol. The Hall–Kier alpha value is -1.88. The molecule has 3 N–H and O–H groups in total. The van der Waals surface area contributed by atoms with Crippen LogP contribution >= 0.6 is 12.4 Å². The molecule has 0 saturated carbocycles. The predicted molar refractivity (Wildman–Crippen MR) is 110 cm³/mol. The quantitative estimate of drug-likeness (QED) is 0.831. The topological polar surface area (TPSA) is 58.4 Å². The van der Waals surface area contributed by atoms with Gasteiger partial charge in [-0.05, 0) is 67.2 Å². The van der Waals surface area contributed by atoms with Crippen molar-refractivity contribution in [2.75, 3.05) is 18.4 Å². The van der Waals surface area contributed by atoms with E-state index in [1.165, 1.54) is 31.5 Å². The van der Waals surface area contributed by atoms with Crippen LogP contribution in [0.5, 0.6) is 0 Å². The van der Waals surface area contributed by atoms with E-state index in [1.807, 2.05) is 36.4 Å². The Bertz CT molecular complexity index is 692. The lowest BCUT2D eigenvalue weighted by molar-refractivity contribution is 0.102. The molecule has 1 aliphatic heterocycles. The van der Waals surface area contributed by atoms with Gasteiger partial charge in [0.05, 0.1) is 0 Å². The number of halogens is 1. The number of carbonyl (C=O) groups is 1. The van der Waals surface area contributed by atoms with Gasteiger partial charge < -0.3 is 11.1 Å². The average molecular weight is 374 g/mol. The Morgan fingerprint density at radius 2 is 1.62 bits per heavy atom. The van der Waals surface area contributed by atoms with Crippen molar-refractivity contribution in [3.63, 3.8) is 0 Å². The largest absolute Gasteiger partial charge is 0.326 e. The molecule has 5 heteroatoms. The highest BCUT2D eigenvalue weighted by Crippen LogP contribution is 2.19. The van der Waals surface area contributed by atoms with Crippen LogP contribution in [-0.2, 0) is 13.1 Å². The van der Waals surface area contributed by atoms with Gasteiger partial charge >= 0.3 is 0 Å². The van der Waals surface area contributed by atoms with Gasteiger partial charge in [-0.15, -0.1) is 12.4 Å². The number of nitrogens with two attached hydrogens (primary N) is 1. The minimum absolute atomic E-state index is 0. The monoisotopic (exact) mass is 373 g/mol. The maximum Gasteiger partial charge on any atom is 0.255 e. The number of carbonyl (C=O) groups excluding carboxylic acids is 1. The minimum atomic E-state index is -0.0960. The molecule has 0 bridgehead atoms. The summed E-state index contributed by atoms with van der Waals surface area (Å²) in [4.78, 5) is 14.8. The van der Waals surface area contributed by atoms with Crippen molar-refractivity contribution in [3.8, 4) is 0 Å². The van der Waals surface area contributed by atoms with Crippen LogP contribution in [0.4, 0.5) is 5.69 Å². The number of hydrogen-bond acceptors (Lipinski definition) is 3. The van der Waals surface area contributed by atoms with Crippen LogP contribution in [-0.4, -0.2) is 23.9 Å². The van der Waals surface area contributed by atoms with Crippen molar-refractivity contribution in [2.45, 2.75) is 32.9 Å². The molecule has 0 unspecified atom stereocenters. The molecule has 1 heterocycles. The smallest absolute Gasteiger partial charge is 0.255 e. The summed E-state index contributed by atoms with van der Waals surface area (Å²) in [6.45, 7) is 6.16. The second-order valence-corrected chi connectivity index (χ2v) is 7.01. The third-order valence-corrected chi connectivity index (χ3v) is 4.95. The zero-order chi connectivity index (χ0) is 17.6. The summed E-state index contributed by atoms with van der Waals surface area (Å²) < 4.78 is 0. The van der Waals surface area contributed by atoms with Crippen molar-refractivity contribution >= 4 is 24.0 Å². The van der Waals surface area contributed by atoms with E-state index < -0.39 is 0 Å². The lowest BCUT2D eigenvalue weighted by Crippen LogP contribution is -2.32. The van der Waals surface area contributed by atoms with Crippen molar-refractivity contribution < 1.29 is 4.79 Å². The average Bonchev–Trinajstić information content (AvgIpc) is 2.65. The molecule has 0 aromatic heterocycles. The van der Waals surface area contributed by atoms with E-state index in [4.69, 9.17) is 5.73 Å².